The van der Waals surface area contributed by atoms with Crippen LogP contribution in [-0.2, 0) is 0 Å². The maximum atomic E-state index is 12.5. The summed E-state index contributed by atoms with van der Waals surface area (Å²) in [6.45, 7) is 3.79. The van der Waals surface area contributed by atoms with E-state index in [-0.39, 0.29) is 5.91 Å². The fraction of sp³-hybridized carbons (Fsp3) is 0.476. The fourth-order valence-electron chi connectivity index (χ4n) is 4.35. The zero-order chi connectivity index (χ0) is 17.1. The fourth-order valence-corrected chi connectivity index (χ4v) is 5.04. The van der Waals surface area contributed by atoms with Crippen LogP contribution in [0.4, 0.5) is 0 Å². The molecule has 4 rings (SSSR count). The molecule has 2 aromatic rings. The van der Waals surface area contributed by atoms with Gasteiger partial charge in [-0.15, -0.1) is 11.3 Å². The van der Waals surface area contributed by atoms with Crippen molar-refractivity contribution in [2.45, 2.75) is 37.6 Å². The van der Waals surface area contributed by atoms with Crippen molar-refractivity contribution in [2.24, 2.45) is 0 Å². The second-order valence-electron chi connectivity index (χ2n) is 7.22. The van der Waals surface area contributed by atoms with Crippen molar-refractivity contribution in [1.29, 1.82) is 0 Å². The van der Waals surface area contributed by atoms with Gasteiger partial charge in [0.25, 0.3) is 5.91 Å². The van der Waals surface area contributed by atoms with E-state index >= 15 is 0 Å². The van der Waals surface area contributed by atoms with E-state index in [1.54, 1.807) is 11.3 Å². The summed E-state index contributed by atoms with van der Waals surface area (Å²) in [4.78, 5) is 18.0. The number of thiophene rings is 1. The van der Waals surface area contributed by atoms with Crippen LogP contribution in [0.2, 0.25) is 0 Å². The van der Waals surface area contributed by atoms with E-state index in [9.17, 15) is 4.79 Å². The lowest BCUT2D eigenvalue weighted by Crippen LogP contribution is -2.52. The number of nitrogens with zero attached hydrogens (tertiary/aromatic N) is 2. The lowest BCUT2D eigenvalue weighted by molar-refractivity contribution is 0.0518. The summed E-state index contributed by atoms with van der Waals surface area (Å²) in [6.07, 6.45) is 5.17. The van der Waals surface area contributed by atoms with Crippen molar-refractivity contribution in [3.05, 3.63) is 58.3 Å². The first-order valence-electron chi connectivity index (χ1n) is 9.43. The second-order valence-corrected chi connectivity index (χ2v) is 8.17. The molecule has 2 heterocycles. The lowest BCUT2D eigenvalue weighted by atomic mass is 9.81. The summed E-state index contributed by atoms with van der Waals surface area (Å²) >= 11 is 1.55. The highest BCUT2D eigenvalue weighted by Crippen LogP contribution is 2.35. The van der Waals surface area contributed by atoms with Gasteiger partial charge in [0.15, 0.2) is 0 Å². The van der Waals surface area contributed by atoms with Gasteiger partial charge in [-0.2, -0.15) is 0 Å². The summed E-state index contributed by atoms with van der Waals surface area (Å²) in [5, 5.41) is 1.98. The van der Waals surface area contributed by atoms with Gasteiger partial charge in [-0.05, 0) is 48.6 Å². The van der Waals surface area contributed by atoms with E-state index in [4.69, 9.17) is 0 Å². The van der Waals surface area contributed by atoms with Gasteiger partial charge in [-0.3, -0.25) is 9.69 Å². The molecule has 0 N–H and O–H groups in total. The molecule has 0 bridgehead atoms. The van der Waals surface area contributed by atoms with E-state index in [1.807, 2.05) is 22.4 Å². The molecule has 2 aliphatic rings. The van der Waals surface area contributed by atoms with Crippen LogP contribution in [-0.4, -0.2) is 47.9 Å². The largest absolute Gasteiger partial charge is 0.335 e. The van der Waals surface area contributed by atoms with E-state index < -0.39 is 0 Å². The van der Waals surface area contributed by atoms with Crippen LogP contribution < -0.4 is 0 Å². The molecular weight excluding hydrogens is 328 g/mol. The van der Waals surface area contributed by atoms with Crippen LogP contribution in [0.3, 0.4) is 0 Å². The Morgan fingerprint density at radius 2 is 1.60 bits per heavy atom. The molecule has 1 aromatic carbocycles. The molecule has 25 heavy (non-hydrogen) atoms. The van der Waals surface area contributed by atoms with Crippen molar-refractivity contribution in [2.75, 3.05) is 26.2 Å². The van der Waals surface area contributed by atoms with Crippen LogP contribution in [0, 0.1) is 0 Å². The molecule has 132 valence electrons. The van der Waals surface area contributed by atoms with Gasteiger partial charge >= 0.3 is 0 Å². The van der Waals surface area contributed by atoms with E-state index in [0.717, 1.165) is 37.0 Å². The molecular formula is C21H26N2OS. The van der Waals surface area contributed by atoms with Gasteiger partial charge in [0, 0.05) is 32.2 Å². The standard InChI is InChI=1S/C21H26N2OS/c24-21(20-7-4-16-25-20)23-14-12-22(13-15-23)19-10-8-18(9-11-19)17-5-2-1-3-6-17/h1-7,16,18-19H,8-15H2. The van der Waals surface area contributed by atoms with Crippen molar-refractivity contribution in [3.8, 4) is 0 Å². The zero-order valence-electron chi connectivity index (χ0n) is 14.6. The maximum Gasteiger partial charge on any atom is 0.264 e. The van der Waals surface area contributed by atoms with Crippen LogP contribution in [0.5, 0.6) is 0 Å². The Labute approximate surface area is 154 Å². The Morgan fingerprint density at radius 1 is 0.880 bits per heavy atom. The predicted octanol–water partition coefficient (Wildman–Crippen LogP) is 4.23. The monoisotopic (exact) mass is 354 g/mol. The first-order chi connectivity index (χ1) is 12.3. The Morgan fingerprint density at radius 3 is 2.24 bits per heavy atom. The Bertz CT molecular complexity index is 669. The highest BCUT2D eigenvalue weighted by atomic mass is 32.1. The van der Waals surface area contributed by atoms with Crippen molar-refractivity contribution in [1.82, 2.24) is 9.80 Å². The Balaban J connectivity index is 1.27. The number of benzene rings is 1. The molecule has 1 amide bonds. The Hall–Kier alpha value is -1.65. The molecule has 0 atom stereocenters. The normalized spacial score (nSPS) is 25.0. The van der Waals surface area contributed by atoms with E-state index in [1.165, 1.54) is 31.2 Å². The van der Waals surface area contributed by atoms with Crippen LogP contribution >= 0.6 is 11.3 Å². The third-order valence-corrected chi connectivity index (χ3v) is 6.68. The average molecular weight is 355 g/mol. The minimum absolute atomic E-state index is 0.211. The second kappa shape index (κ2) is 7.71. The summed E-state index contributed by atoms with van der Waals surface area (Å²) in [6, 6.07) is 15.6. The van der Waals surface area contributed by atoms with Gasteiger partial charge < -0.3 is 4.90 Å². The number of carbonyl (C=O) groups is 1. The SMILES string of the molecule is O=C(c1cccs1)N1CCN(C2CCC(c3ccccc3)CC2)CC1. The highest BCUT2D eigenvalue weighted by Gasteiger charge is 2.30. The number of rotatable bonds is 3. The topological polar surface area (TPSA) is 23.6 Å². The van der Waals surface area contributed by atoms with Crippen LogP contribution in [0.1, 0.15) is 46.8 Å². The average Bonchev–Trinajstić information content (AvgIpc) is 3.23. The lowest BCUT2D eigenvalue weighted by Gasteiger charge is -2.42. The Kier molecular flexibility index (Phi) is 5.18. The summed E-state index contributed by atoms with van der Waals surface area (Å²) in [5.41, 5.74) is 1.51. The number of amides is 1. The van der Waals surface area contributed by atoms with Gasteiger partial charge in [0.05, 0.1) is 4.88 Å². The van der Waals surface area contributed by atoms with Crippen molar-refractivity contribution in [3.63, 3.8) is 0 Å². The maximum absolute atomic E-state index is 12.5. The van der Waals surface area contributed by atoms with Crippen LogP contribution in [0.15, 0.2) is 47.8 Å². The molecule has 2 fully saturated rings. The minimum Gasteiger partial charge on any atom is -0.335 e. The first-order valence-corrected chi connectivity index (χ1v) is 10.3. The highest BCUT2D eigenvalue weighted by molar-refractivity contribution is 7.12. The molecule has 0 spiro atoms. The van der Waals surface area contributed by atoms with Gasteiger partial charge in [0.1, 0.15) is 0 Å². The molecule has 1 aliphatic carbocycles. The van der Waals surface area contributed by atoms with Crippen molar-refractivity contribution < 1.29 is 4.79 Å². The zero-order valence-corrected chi connectivity index (χ0v) is 15.5. The summed E-state index contributed by atoms with van der Waals surface area (Å²) in [5.74, 6) is 0.946. The third-order valence-electron chi connectivity index (χ3n) is 5.82. The summed E-state index contributed by atoms with van der Waals surface area (Å²) in [7, 11) is 0. The molecule has 4 heteroatoms. The van der Waals surface area contributed by atoms with Crippen LogP contribution in [0.25, 0.3) is 0 Å². The molecule has 0 radical (unpaired) electrons. The van der Waals surface area contributed by atoms with Gasteiger partial charge in [0.2, 0.25) is 0 Å². The number of piperazine rings is 1. The number of hydrogen-bond donors (Lipinski definition) is 0. The molecule has 1 saturated heterocycles. The molecule has 1 aromatic heterocycles. The van der Waals surface area contributed by atoms with Crippen molar-refractivity contribution >= 4 is 17.2 Å². The molecule has 1 aliphatic heterocycles. The first kappa shape index (κ1) is 16.8. The number of hydrogen-bond acceptors (Lipinski definition) is 3. The van der Waals surface area contributed by atoms with E-state index in [0.29, 0.717) is 6.04 Å². The van der Waals surface area contributed by atoms with Gasteiger partial charge in [-0.25, -0.2) is 0 Å². The third kappa shape index (κ3) is 3.80. The summed E-state index contributed by atoms with van der Waals surface area (Å²) < 4.78 is 0. The molecule has 3 nitrogen and oxygen atoms in total. The predicted molar refractivity (Wildman–Crippen MR) is 103 cm³/mol. The minimum atomic E-state index is 0.211. The number of carbonyl (C=O) groups excluding carboxylic acids is 1. The van der Waals surface area contributed by atoms with Gasteiger partial charge in [-0.1, -0.05) is 36.4 Å². The quantitative estimate of drug-likeness (QED) is 0.823. The smallest absolute Gasteiger partial charge is 0.264 e. The molecule has 0 unspecified atom stereocenters. The van der Waals surface area contributed by atoms with E-state index in [2.05, 4.69) is 35.2 Å². The molecule has 1 saturated carbocycles.